The van der Waals surface area contributed by atoms with Crippen molar-refractivity contribution in [3.63, 3.8) is 0 Å². The van der Waals surface area contributed by atoms with Crippen molar-refractivity contribution in [3.8, 4) is 28.7 Å². The third-order valence-corrected chi connectivity index (χ3v) is 4.32. The summed E-state index contributed by atoms with van der Waals surface area (Å²) in [7, 11) is 1.50. The van der Waals surface area contributed by atoms with Gasteiger partial charge in [0.1, 0.15) is 5.75 Å². The van der Waals surface area contributed by atoms with Gasteiger partial charge in [0, 0.05) is 0 Å². The van der Waals surface area contributed by atoms with Crippen LogP contribution in [-0.4, -0.2) is 18.2 Å². The fraction of sp³-hybridized carbons (Fsp3) is 0.0800. The van der Waals surface area contributed by atoms with Crippen LogP contribution in [0.1, 0.15) is 27.0 Å². The van der Waals surface area contributed by atoms with Gasteiger partial charge in [0.15, 0.2) is 0 Å². The Morgan fingerprint density at radius 3 is 2.50 bits per heavy atom. The normalized spacial score (nSPS) is 10.4. The predicted molar refractivity (Wildman–Crippen MR) is 112 cm³/mol. The van der Waals surface area contributed by atoms with Crippen molar-refractivity contribution in [2.24, 2.45) is 0 Å². The van der Waals surface area contributed by atoms with Crippen LogP contribution in [0.3, 0.4) is 0 Å². The van der Waals surface area contributed by atoms with Crippen LogP contribution < -0.4 is 4.74 Å². The number of aryl methyl sites for hydroxylation is 1. The van der Waals surface area contributed by atoms with E-state index in [0.29, 0.717) is 11.3 Å². The summed E-state index contributed by atoms with van der Waals surface area (Å²) in [6.45, 7) is 2.07. The highest BCUT2D eigenvalue weighted by Gasteiger charge is 2.07. The summed E-state index contributed by atoms with van der Waals surface area (Å²) in [5, 5.41) is 9.07. The fourth-order valence-electron chi connectivity index (χ4n) is 2.82. The molecule has 0 aliphatic heterocycles. The first-order valence-corrected chi connectivity index (χ1v) is 8.84. The molecular weight excluding hydrogens is 348 g/mol. The molecule has 3 nitrogen and oxygen atoms in total. The molecule has 0 aromatic heterocycles. The molecule has 0 fully saturated rings. The van der Waals surface area contributed by atoms with E-state index in [1.807, 2.05) is 18.2 Å². The summed E-state index contributed by atoms with van der Waals surface area (Å²) in [6, 6.07) is 21.2. The summed E-state index contributed by atoms with van der Waals surface area (Å²) < 4.78 is 5.25. The van der Waals surface area contributed by atoms with Crippen molar-refractivity contribution in [1.82, 2.24) is 0 Å². The van der Waals surface area contributed by atoms with Crippen LogP contribution in [0.15, 0.2) is 72.8 Å². The van der Waals surface area contributed by atoms with Gasteiger partial charge in [-0.2, -0.15) is 0 Å². The van der Waals surface area contributed by atoms with Crippen molar-refractivity contribution in [1.29, 1.82) is 0 Å². The van der Waals surface area contributed by atoms with Gasteiger partial charge in [0.25, 0.3) is 0 Å². The van der Waals surface area contributed by atoms with Gasteiger partial charge in [-0.25, -0.2) is 4.79 Å². The van der Waals surface area contributed by atoms with Gasteiger partial charge in [0.2, 0.25) is 0 Å². The van der Waals surface area contributed by atoms with Gasteiger partial charge >= 0.3 is 5.97 Å². The Hall–Kier alpha value is -3.77. The van der Waals surface area contributed by atoms with Crippen molar-refractivity contribution < 1.29 is 14.6 Å². The fourth-order valence-corrected chi connectivity index (χ4v) is 2.82. The monoisotopic (exact) mass is 368 g/mol. The maximum atomic E-state index is 11.1. The Kier molecular flexibility index (Phi) is 5.94. The van der Waals surface area contributed by atoms with E-state index >= 15 is 0 Å². The van der Waals surface area contributed by atoms with E-state index in [2.05, 4.69) is 55.2 Å². The van der Waals surface area contributed by atoms with Crippen molar-refractivity contribution in [3.05, 3.63) is 95.1 Å². The third-order valence-electron chi connectivity index (χ3n) is 4.32. The number of ether oxygens (including phenoxy) is 1. The molecule has 3 aromatic carbocycles. The van der Waals surface area contributed by atoms with Gasteiger partial charge in [0.05, 0.1) is 18.2 Å². The molecule has 0 heterocycles. The van der Waals surface area contributed by atoms with Crippen molar-refractivity contribution >= 4 is 12.0 Å². The lowest BCUT2D eigenvalue weighted by Crippen LogP contribution is -1.98. The number of benzene rings is 3. The summed E-state index contributed by atoms with van der Waals surface area (Å²) in [4.78, 5) is 11.1. The Labute approximate surface area is 164 Å². The molecule has 0 unspecified atom stereocenters. The lowest BCUT2D eigenvalue weighted by molar-refractivity contribution is 0.0696. The number of rotatable bonds is 4. The van der Waals surface area contributed by atoms with Gasteiger partial charge in [-0.1, -0.05) is 65.9 Å². The van der Waals surface area contributed by atoms with E-state index in [1.165, 1.54) is 24.8 Å². The first-order valence-electron chi connectivity index (χ1n) is 8.84. The first-order chi connectivity index (χ1) is 13.6. The largest absolute Gasteiger partial charge is 0.495 e. The molecule has 0 radical (unpaired) electrons. The van der Waals surface area contributed by atoms with E-state index in [-0.39, 0.29) is 5.56 Å². The molecule has 1 N–H and O–H groups in total. The zero-order chi connectivity index (χ0) is 19.9. The second-order valence-electron chi connectivity index (χ2n) is 6.28. The van der Waals surface area contributed by atoms with Crippen molar-refractivity contribution in [2.45, 2.75) is 6.92 Å². The van der Waals surface area contributed by atoms with Gasteiger partial charge in [-0.05, 0) is 54.0 Å². The lowest BCUT2D eigenvalue weighted by Gasteiger charge is -2.06. The minimum absolute atomic E-state index is 0.171. The zero-order valence-electron chi connectivity index (χ0n) is 15.8. The van der Waals surface area contributed by atoms with Crippen LogP contribution in [0.5, 0.6) is 5.75 Å². The zero-order valence-corrected chi connectivity index (χ0v) is 15.8. The summed E-state index contributed by atoms with van der Waals surface area (Å²) in [6.07, 6.45) is 3.76. The Morgan fingerprint density at radius 2 is 1.79 bits per heavy atom. The highest BCUT2D eigenvalue weighted by atomic mass is 16.5. The maximum absolute atomic E-state index is 11.1. The quantitative estimate of drug-likeness (QED) is 0.624. The van der Waals surface area contributed by atoms with Crippen LogP contribution in [0, 0.1) is 18.8 Å². The molecule has 28 heavy (non-hydrogen) atoms. The molecule has 0 saturated carbocycles. The van der Waals surface area contributed by atoms with Crippen LogP contribution in [0.4, 0.5) is 0 Å². The summed E-state index contributed by atoms with van der Waals surface area (Å²) >= 11 is 0. The smallest absolute Gasteiger partial charge is 0.335 e. The molecule has 3 heteroatoms. The Bertz CT molecular complexity index is 1080. The second-order valence-corrected chi connectivity index (χ2v) is 6.28. The van der Waals surface area contributed by atoms with Crippen LogP contribution >= 0.6 is 0 Å². The number of carbonyl (C=O) groups is 1. The molecule has 0 aliphatic carbocycles. The minimum atomic E-state index is -0.995. The second kappa shape index (κ2) is 8.75. The number of allylic oxidation sites excluding steroid dienone is 1. The highest BCUT2D eigenvalue weighted by Crippen LogP contribution is 2.25. The molecule has 3 rings (SSSR count). The van der Waals surface area contributed by atoms with Crippen LogP contribution in [0.25, 0.3) is 17.2 Å². The minimum Gasteiger partial charge on any atom is -0.495 e. The molecule has 0 atom stereocenters. The number of carboxylic acids is 1. The highest BCUT2D eigenvalue weighted by molar-refractivity contribution is 5.88. The number of hydrogen-bond donors (Lipinski definition) is 1. The number of carboxylic acid groups (broad SMARTS) is 1. The molecule has 138 valence electrons. The maximum Gasteiger partial charge on any atom is 0.335 e. The summed E-state index contributed by atoms with van der Waals surface area (Å²) in [5.41, 5.74) is 5.42. The molecule has 0 bridgehead atoms. The topological polar surface area (TPSA) is 46.5 Å². The van der Waals surface area contributed by atoms with E-state index in [1.54, 1.807) is 12.1 Å². The molecule has 0 amide bonds. The van der Waals surface area contributed by atoms with Crippen LogP contribution in [-0.2, 0) is 0 Å². The molecule has 0 aliphatic rings. The summed E-state index contributed by atoms with van der Waals surface area (Å²) in [5.74, 6) is 5.47. The van der Waals surface area contributed by atoms with Gasteiger partial charge < -0.3 is 9.84 Å². The van der Waals surface area contributed by atoms with E-state index < -0.39 is 5.97 Å². The number of methoxy groups -OCH3 is 1. The molecular formula is C25H20O3. The predicted octanol–water partition coefficient (Wildman–Crippen LogP) is 5.43. The molecule has 0 saturated heterocycles. The van der Waals surface area contributed by atoms with E-state index in [9.17, 15) is 4.79 Å². The number of hydrogen-bond acceptors (Lipinski definition) is 2. The van der Waals surface area contributed by atoms with Crippen molar-refractivity contribution in [2.75, 3.05) is 7.11 Å². The van der Waals surface area contributed by atoms with Gasteiger partial charge in [-0.15, -0.1) is 0 Å². The Morgan fingerprint density at radius 1 is 1.04 bits per heavy atom. The first kappa shape index (κ1) is 19.0. The van der Waals surface area contributed by atoms with Gasteiger partial charge in [-0.3, -0.25) is 0 Å². The standard InChI is InChI=1S/C25H20O3/c1-18-11-13-20(14-12-18)23-10-6-5-8-19(23)7-3-4-9-21-15-16-22(25(26)27)17-24(21)28-2/h3,5-8,10-17H,1-2H3,(H,26,27)/b7-3+. The third kappa shape index (κ3) is 4.49. The SMILES string of the molecule is COc1cc(C(=O)O)ccc1C#C/C=C/c1ccccc1-c1ccc(C)cc1. The Balaban J connectivity index is 1.86. The molecule has 3 aromatic rings. The molecule has 0 spiro atoms. The van der Waals surface area contributed by atoms with E-state index in [0.717, 1.165) is 16.7 Å². The average Bonchev–Trinajstić information content (AvgIpc) is 2.72. The average molecular weight is 368 g/mol. The lowest BCUT2D eigenvalue weighted by atomic mass is 9.98. The van der Waals surface area contributed by atoms with E-state index in [4.69, 9.17) is 9.84 Å². The van der Waals surface area contributed by atoms with Crippen LogP contribution in [0.2, 0.25) is 0 Å². The number of aromatic carboxylic acids is 1.